The van der Waals surface area contributed by atoms with Crippen LogP contribution in [-0.2, 0) is 4.57 Å². The first-order valence-electron chi connectivity index (χ1n) is 4.23. The van der Waals surface area contributed by atoms with Crippen molar-refractivity contribution in [1.82, 2.24) is 0 Å². The van der Waals surface area contributed by atoms with Gasteiger partial charge in [-0.15, -0.1) is 0 Å². The smallest absolute Gasteiger partial charge is 0.790 e. The summed E-state index contributed by atoms with van der Waals surface area (Å²) < 4.78 is 8.66. The minimum atomic E-state index is -5.14. The molecule has 0 amide bonds. The number of phosphoric acid groups is 1. The van der Waals surface area contributed by atoms with E-state index in [1.165, 1.54) is 0 Å². The van der Waals surface area contributed by atoms with Crippen molar-refractivity contribution in [3.63, 3.8) is 0 Å². The van der Waals surface area contributed by atoms with Crippen LogP contribution in [0.3, 0.4) is 0 Å². The predicted octanol–water partition coefficient (Wildman–Crippen LogP) is -6.16. The zero-order chi connectivity index (χ0) is 14.2. The van der Waals surface area contributed by atoms with Crippen molar-refractivity contribution in [2.75, 3.05) is 13.2 Å². The van der Waals surface area contributed by atoms with Gasteiger partial charge in [-0.1, -0.05) is 0 Å². The average Bonchev–Trinajstić information content (AvgIpc) is 2.22. The Balaban J connectivity index is -0.000000321. The molecule has 0 aromatic carbocycles. The number of aliphatic hydroxyl groups is 6. The van der Waals surface area contributed by atoms with Gasteiger partial charge in [-0.3, -0.25) is 0 Å². The molecular weight excluding hydrogens is 303 g/mol. The first-order chi connectivity index (χ1) is 7.54. The summed E-state index contributed by atoms with van der Waals surface area (Å²) in [7, 11) is -5.14. The molecule has 0 fully saturated rings. The minimum Gasteiger partial charge on any atom is -0.790 e. The summed E-state index contributed by atoms with van der Waals surface area (Å²) in [4.78, 5) is 24.3. The number of hydrogen-bond acceptors (Lipinski definition) is 9. The Bertz CT molecular complexity index is 212. The second-order valence-corrected chi connectivity index (χ2v) is 3.89. The largest absolute Gasteiger partial charge is 2.00 e. The van der Waals surface area contributed by atoms with Gasteiger partial charge in [-0.25, -0.2) is 0 Å². The van der Waals surface area contributed by atoms with E-state index in [4.69, 9.17) is 49.9 Å². The van der Waals surface area contributed by atoms with E-state index in [1.807, 2.05) is 0 Å². The van der Waals surface area contributed by atoms with Crippen molar-refractivity contribution in [2.24, 2.45) is 0 Å². The molecule has 0 aliphatic carbocycles. The molecule has 0 spiro atoms. The van der Waals surface area contributed by atoms with Gasteiger partial charge in [0, 0.05) is 0 Å². The average molecular weight is 318 g/mol. The summed E-state index contributed by atoms with van der Waals surface area (Å²) in [6.45, 7) is -1.45. The summed E-state index contributed by atoms with van der Waals surface area (Å²) in [5.41, 5.74) is 0. The van der Waals surface area contributed by atoms with Crippen molar-refractivity contribution < 1.29 is 49.9 Å². The fourth-order valence-corrected chi connectivity index (χ4v) is 0.671. The molecule has 106 valence electrons. The Hall–Kier alpha value is 1.13. The maximum atomic E-state index is 8.96. The van der Waals surface area contributed by atoms with E-state index >= 15 is 0 Å². The summed E-state index contributed by atoms with van der Waals surface area (Å²) in [5.74, 6) is 0. The van der Waals surface area contributed by atoms with E-state index in [1.54, 1.807) is 0 Å². The number of rotatable bonds is 5. The van der Waals surface area contributed by atoms with Crippen LogP contribution >= 0.6 is 7.82 Å². The molecule has 0 heterocycles. The van der Waals surface area contributed by atoms with E-state index in [2.05, 4.69) is 0 Å². The van der Waals surface area contributed by atoms with Crippen LogP contribution < -0.4 is 9.79 Å². The Labute approximate surface area is 132 Å². The molecule has 4 atom stereocenters. The van der Waals surface area contributed by atoms with E-state index in [0.717, 1.165) is 0 Å². The zero-order valence-corrected chi connectivity index (χ0v) is 12.3. The molecule has 0 aromatic heterocycles. The zero-order valence-electron chi connectivity index (χ0n) is 9.23. The summed E-state index contributed by atoms with van der Waals surface area (Å²) in [5, 5.41) is 52.2. The maximum absolute atomic E-state index is 8.96. The summed E-state index contributed by atoms with van der Waals surface area (Å²) in [6.07, 6.45) is -6.39. The molecule has 4 unspecified atom stereocenters. The molecule has 0 aliphatic heterocycles. The van der Waals surface area contributed by atoms with Gasteiger partial charge < -0.3 is 49.9 Å². The second kappa shape index (κ2) is 11.9. The third-order valence-electron chi connectivity index (χ3n) is 1.51. The Kier molecular flexibility index (Phi) is 16.0. The molecule has 0 aromatic rings. The van der Waals surface area contributed by atoms with Gasteiger partial charge in [-0.05, 0) is 0 Å². The van der Waals surface area contributed by atoms with Crippen LogP contribution in [0.15, 0.2) is 0 Å². The monoisotopic (exact) mass is 318 g/mol. The first kappa shape index (κ1) is 24.2. The molecule has 0 radical (unpaired) electrons. The minimum absolute atomic E-state index is 0. The van der Waals surface area contributed by atoms with Crippen LogP contribution in [0.25, 0.3) is 0 Å². The number of aliphatic hydroxyl groups excluding tert-OH is 6. The fraction of sp³-hybridized carbons (Fsp3) is 1.00. The maximum Gasteiger partial charge on any atom is 2.00 e. The van der Waals surface area contributed by atoms with Gasteiger partial charge in [0.1, 0.15) is 24.4 Å². The SMILES string of the molecule is O=P([O-])([O-])O.OCC(O)C(O)C(O)C(O)CO.[Ca+2]. The summed E-state index contributed by atoms with van der Waals surface area (Å²) in [6, 6.07) is 0. The Morgan fingerprint density at radius 3 is 1.17 bits per heavy atom. The van der Waals surface area contributed by atoms with Crippen LogP contribution in [0.5, 0.6) is 0 Å². The van der Waals surface area contributed by atoms with E-state index in [9.17, 15) is 0 Å². The van der Waals surface area contributed by atoms with Gasteiger partial charge in [0.05, 0.1) is 21.0 Å². The molecule has 7 N–H and O–H groups in total. The van der Waals surface area contributed by atoms with Crippen molar-refractivity contribution in [1.29, 1.82) is 0 Å². The normalized spacial score (nSPS) is 17.6. The Morgan fingerprint density at radius 1 is 0.889 bits per heavy atom. The standard InChI is InChI=1S/C6H14O6.Ca.H3O4P/c7-1-3(9)5(11)6(12)4(10)2-8;;1-5(2,3)4/h3-12H,1-2H2;;(H3,1,2,3,4)/q;+2;/p-2. The molecule has 0 rings (SSSR count). The van der Waals surface area contributed by atoms with Gasteiger partial charge in [0.25, 0.3) is 0 Å². The molecule has 18 heavy (non-hydrogen) atoms. The van der Waals surface area contributed by atoms with Crippen molar-refractivity contribution >= 4 is 45.6 Å². The van der Waals surface area contributed by atoms with Gasteiger partial charge in [-0.2, -0.15) is 0 Å². The molecular formula is C6H15CaO10P. The van der Waals surface area contributed by atoms with E-state index < -0.39 is 45.5 Å². The molecule has 0 bridgehead atoms. The van der Waals surface area contributed by atoms with Crippen molar-refractivity contribution in [3.8, 4) is 0 Å². The van der Waals surface area contributed by atoms with E-state index in [-0.39, 0.29) is 37.7 Å². The van der Waals surface area contributed by atoms with Gasteiger partial charge >= 0.3 is 37.7 Å². The molecule has 10 nitrogen and oxygen atoms in total. The molecule has 12 heteroatoms. The molecule has 0 saturated heterocycles. The van der Waals surface area contributed by atoms with Crippen molar-refractivity contribution in [3.05, 3.63) is 0 Å². The fourth-order valence-electron chi connectivity index (χ4n) is 0.671. The Morgan fingerprint density at radius 2 is 1.06 bits per heavy atom. The van der Waals surface area contributed by atoms with Gasteiger partial charge in [0.15, 0.2) is 0 Å². The summed E-state index contributed by atoms with van der Waals surface area (Å²) >= 11 is 0. The number of hydrogen-bond donors (Lipinski definition) is 7. The van der Waals surface area contributed by atoms with Crippen LogP contribution in [0.2, 0.25) is 0 Å². The van der Waals surface area contributed by atoms with Crippen LogP contribution in [-0.4, -0.2) is 111 Å². The van der Waals surface area contributed by atoms with Crippen LogP contribution in [0.1, 0.15) is 0 Å². The third kappa shape index (κ3) is 15.2. The third-order valence-corrected chi connectivity index (χ3v) is 1.51. The predicted molar refractivity (Wildman–Crippen MR) is 53.8 cm³/mol. The van der Waals surface area contributed by atoms with Crippen molar-refractivity contribution in [2.45, 2.75) is 24.4 Å². The van der Waals surface area contributed by atoms with Crippen LogP contribution in [0.4, 0.5) is 0 Å². The quantitative estimate of drug-likeness (QED) is 0.188. The van der Waals surface area contributed by atoms with Crippen LogP contribution in [0, 0.1) is 0 Å². The van der Waals surface area contributed by atoms with Gasteiger partial charge in [0.2, 0.25) is 0 Å². The topological polar surface area (TPSA) is 205 Å². The van der Waals surface area contributed by atoms with E-state index in [0.29, 0.717) is 0 Å². The molecule has 0 saturated carbocycles. The first-order valence-corrected chi connectivity index (χ1v) is 5.72. The molecule has 0 aliphatic rings. The second-order valence-electron chi connectivity index (χ2n) is 2.95.